The van der Waals surface area contributed by atoms with E-state index in [2.05, 4.69) is 15.9 Å². The van der Waals surface area contributed by atoms with Crippen LogP contribution in [0, 0.1) is 6.92 Å². The van der Waals surface area contributed by atoms with Crippen LogP contribution in [-0.2, 0) is 4.79 Å². The van der Waals surface area contributed by atoms with Crippen LogP contribution < -0.4 is 0 Å². The first-order chi connectivity index (χ1) is 6.59. The first-order valence-electron chi connectivity index (χ1n) is 4.24. The summed E-state index contributed by atoms with van der Waals surface area (Å²) in [5.74, 6) is -0.813. The van der Waals surface area contributed by atoms with Gasteiger partial charge in [0.1, 0.15) is 0 Å². The van der Waals surface area contributed by atoms with Crippen molar-refractivity contribution in [1.82, 2.24) is 0 Å². The molecule has 0 aliphatic heterocycles. The van der Waals surface area contributed by atoms with Crippen LogP contribution in [0.3, 0.4) is 0 Å². The summed E-state index contributed by atoms with van der Waals surface area (Å²) in [5.41, 5.74) is 2.17. The van der Waals surface area contributed by atoms with Gasteiger partial charge >= 0.3 is 5.97 Å². The zero-order chi connectivity index (χ0) is 10.6. The third kappa shape index (κ3) is 3.34. The largest absolute Gasteiger partial charge is 0.481 e. The summed E-state index contributed by atoms with van der Waals surface area (Å²) in [6.45, 7) is 2.01. The summed E-state index contributed by atoms with van der Waals surface area (Å²) >= 11 is 3.42. The van der Waals surface area contributed by atoms with Crippen molar-refractivity contribution in [3.8, 4) is 0 Å². The summed E-state index contributed by atoms with van der Waals surface area (Å²) in [4.78, 5) is 10.3. The van der Waals surface area contributed by atoms with E-state index < -0.39 is 5.97 Å². The zero-order valence-electron chi connectivity index (χ0n) is 7.83. The van der Waals surface area contributed by atoms with E-state index in [1.165, 1.54) is 5.56 Å². The number of benzene rings is 1. The number of carbonyl (C=O) groups is 1. The highest BCUT2D eigenvalue weighted by molar-refractivity contribution is 9.10. The Morgan fingerprint density at radius 1 is 1.57 bits per heavy atom. The molecule has 0 aromatic heterocycles. The molecule has 0 amide bonds. The Hall–Kier alpha value is -1.09. The highest BCUT2D eigenvalue weighted by Gasteiger charge is 1.94. The minimum Gasteiger partial charge on any atom is -0.481 e. The van der Waals surface area contributed by atoms with Crippen molar-refractivity contribution in [2.24, 2.45) is 0 Å². The van der Waals surface area contributed by atoms with Gasteiger partial charge in [0.2, 0.25) is 0 Å². The third-order valence-corrected chi connectivity index (χ3v) is 2.65. The predicted molar refractivity (Wildman–Crippen MR) is 60.2 cm³/mol. The average molecular weight is 255 g/mol. The van der Waals surface area contributed by atoms with E-state index in [1.807, 2.05) is 25.1 Å². The molecule has 0 saturated carbocycles. The molecule has 0 unspecified atom stereocenters. The van der Waals surface area contributed by atoms with E-state index in [9.17, 15) is 4.79 Å². The van der Waals surface area contributed by atoms with E-state index in [0.717, 1.165) is 10.0 Å². The molecule has 0 heterocycles. The number of carboxylic acid groups (broad SMARTS) is 1. The molecular weight excluding hydrogens is 244 g/mol. The summed E-state index contributed by atoms with van der Waals surface area (Å²) in [5, 5.41) is 8.43. The molecule has 1 N–H and O–H groups in total. The molecule has 2 nitrogen and oxygen atoms in total. The Labute approximate surface area is 91.4 Å². The second kappa shape index (κ2) is 4.96. The zero-order valence-corrected chi connectivity index (χ0v) is 9.41. The predicted octanol–water partition coefficient (Wildman–Crippen LogP) is 3.25. The highest BCUT2D eigenvalue weighted by atomic mass is 79.9. The molecule has 14 heavy (non-hydrogen) atoms. The fraction of sp³-hybridized carbons (Fsp3) is 0.182. The Morgan fingerprint density at radius 2 is 2.29 bits per heavy atom. The van der Waals surface area contributed by atoms with Crippen molar-refractivity contribution in [1.29, 1.82) is 0 Å². The SMILES string of the molecule is Cc1ccc(C=CCC(=O)O)cc1Br. The standard InChI is InChI=1S/C11H11BrO2/c1-8-5-6-9(7-10(8)12)3-2-4-11(13)14/h2-3,5-7H,4H2,1H3,(H,13,14). The average Bonchev–Trinajstić information content (AvgIpc) is 2.10. The van der Waals surface area contributed by atoms with Crippen molar-refractivity contribution in [2.45, 2.75) is 13.3 Å². The number of rotatable bonds is 3. The summed E-state index contributed by atoms with van der Waals surface area (Å²) in [6.07, 6.45) is 3.50. The fourth-order valence-corrected chi connectivity index (χ4v) is 1.41. The molecule has 3 heteroatoms. The van der Waals surface area contributed by atoms with Crippen molar-refractivity contribution in [3.63, 3.8) is 0 Å². The molecule has 74 valence electrons. The second-order valence-corrected chi connectivity index (χ2v) is 3.86. The number of carboxylic acids is 1. The molecule has 0 radical (unpaired) electrons. The number of aliphatic carboxylic acids is 1. The van der Waals surface area contributed by atoms with Gasteiger partial charge in [0, 0.05) is 4.47 Å². The number of hydrogen-bond donors (Lipinski definition) is 1. The minimum atomic E-state index is -0.813. The first kappa shape index (κ1) is 11.0. The van der Waals surface area contributed by atoms with Crippen LogP contribution in [0.1, 0.15) is 17.5 Å². The van der Waals surface area contributed by atoms with Gasteiger partial charge in [-0.3, -0.25) is 4.79 Å². The van der Waals surface area contributed by atoms with E-state index in [1.54, 1.807) is 12.2 Å². The van der Waals surface area contributed by atoms with Gasteiger partial charge in [0.25, 0.3) is 0 Å². The second-order valence-electron chi connectivity index (χ2n) is 3.01. The normalized spacial score (nSPS) is 10.7. The maximum absolute atomic E-state index is 10.3. The maximum Gasteiger partial charge on any atom is 0.307 e. The van der Waals surface area contributed by atoms with Crippen LogP contribution in [0.15, 0.2) is 28.7 Å². The number of hydrogen-bond acceptors (Lipinski definition) is 1. The summed E-state index contributed by atoms with van der Waals surface area (Å²) in [7, 11) is 0. The molecule has 1 aromatic rings. The van der Waals surface area contributed by atoms with Crippen molar-refractivity contribution in [3.05, 3.63) is 39.9 Å². The lowest BCUT2D eigenvalue weighted by molar-refractivity contribution is -0.135. The lowest BCUT2D eigenvalue weighted by Gasteiger charge is -1.98. The van der Waals surface area contributed by atoms with E-state index >= 15 is 0 Å². The van der Waals surface area contributed by atoms with Gasteiger partial charge in [0.15, 0.2) is 0 Å². The molecule has 0 bridgehead atoms. The van der Waals surface area contributed by atoms with Crippen LogP contribution in [-0.4, -0.2) is 11.1 Å². The number of halogens is 1. The van der Waals surface area contributed by atoms with E-state index in [4.69, 9.17) is 5.11 Å². The molecule has 0 spiro atoms. The quantitative estimate of drug-likeness (QED) is 0.900. The van der Waals surface area contributed by atoms with Crippen LogP contribution in [0.5, 0.6) is 0 Å². The first-order valence-corrected chi connectivity index (χ1v) is 5.03. The third-order valence-electron chi connectivity index (χ3n) is 1.80. The van der Waals surface area contributed by atoms with Crippen LogP contribution in [0.2, 0.25) is 0 Å². The topological polar surface area (TPSA) is 37.3 Å². The summed E-state index contributed by atoms with van der Waals surface area (Å²) in [6, 6.07) is 5.91. The van der Waals surface area contributed by atoms with Gasteiger partial charge in [-0.15, -0.1) is 0 Å². The van der Waals surface area contributed by atoms with Gasteiger partial charge in [-0.05, 0) is 24.1 Å². The van der Waals surface area contributed by atoms with Gasteiger partial charge in [0.05, 0.1) is 6.42 Å². The van der Waals surface area contributed by atoms with Crippen LogP contribution >= 0.6 is 15.9 Å². The molecular formula is C11H11BrO2. The Kier molecular flexibility index (Phi) is 3.89. The van der Waals surface area contributed by atoms with Crippen molar-refractivity contribution in [2.75, 3.05) is 0 Å². The van der Waals surface area contributed by atoms with Crippen LogP contribution in [0.4, 0.5) is 0 Å². The monoisotopic (exact) mass is 254 g/mol. The van der Waals surface area contributed by atoms with Crippen LogP contribution in [0.25, 0.3) is 6.08 Å². The van der Waals surface area contributed by atoms with E-state index in [-0.39, 0.29) is 6.42 Å². The van der Waals surface area contributed by atoms with E-state index in [0.29, 0.717) is 0 Å². The Bertz CT molecular complexity index is 370. The van der Waals surface area contributed by atoms with Gasteiger partial charge in [-0.1, -0.05) is 40.2 Å². The smallest absolute Gasteiger partial charge is 0.307 e. The molecule has 1 aromatic carbocycles. The van der Waals surface area contributed by atoms with Gasteiger partial charge in [-0.2, -0.15) is 0 Å². The minimum absolute atomic E-state index is 0.0610. The lowest BCUT2D eigenvalue weighted by atomic mass is 10.1. The Balaban J connectivity index is 2.73. The maximum atomic E-state index is 10.3. The number of aryl methyl sites for hydroxylation is 1. The molecule has 0 atom stereocenters. The van der Waals surface area contributed by atoms with Crippen molar-refractivity contribution >= 4 is 28.0 Å². The van der Waals surface area contributed by atoms with Crippen molar-refractivity contribution < 1.29 is 9.90 Å². The Morgan fingerprint density at radius 3 is 2.86 bits per heavy atom. The highest BCUT2D eigenvalue weighted by Crippen LogP contribution is 2.18. The fourth-order valence-electron chi connectivity index (χ4n) is 1.01. The van der Waals surface area contributed by atoms with Gasteiger partial charge in [-0.25, -0.2) is 0 Å². The lowest BCUT2D eigenvalue weighted by Crippen LogP contribution is -1.89. The molecule has 0 aliphatic carbocycles. The summed E-state index contributed by atoms with van der Waals surface area (Å²) < 4.78 is 1.04. The molecule has 1 rings (SSSR count). The molecule has 0 aliphatic rings. The molecule has 0 saturated heterocycles. The molecule has 0 fully saturated rings. The van der Waals surface area contributed by atoms with Gasteiger partial charge < -0.3 is 5.11 Å².